The van der Waals surface area contributed by atoms with Gasteiger partial charge in [0.05, 0.1) is 17.3 Å². The van der Waals surface area contributed by atoms with E-state index in [0.717, 1.165) is 12.0 Å². The first-order chi connectivity index (χ1) is 9.70. The van der Waals surface area contributed by atoms with Crippen LogP contribution >= 0.6 is 0 Å². The van der Waals surface area contributed by atoms with Crippen molar-refractivity contribution in [3.8, 4) is 0 Å². The molecular formula is C15H15FN2O2. The highest BCUT2D eigenvalue weighted by Gasteiger charge is 2.25. The number of anilines is 1. The number of halogens is 1. The van der Waals surface area contributed by atoms with E-state index in [2.05, 4.69) is 4.98 Å². The molecule has 2 heterocycles. The van der Waals surface area contributed by atoms with Crippen LogP contribution in [0.15, 0.2) is 24.4 Å². The number of fused-ring (bicyclic) bond motifs is 1. The monoisotopic (exact) mass is 274 g/mol. The van der Waals surface area contributed by atoms with Gasteiger partial charge in [0.15, 0.2) is 0 Å². The quantitative estimate of drug-likeness (QED) is 0.865. The Morgan fingerprint density at radius 1 is 1.55 bits per heavy atom. The van der Waals surface area contributed by atoms with Crippen LogP contribution in [-0.4, -0.2) is 35.6 Å². The maximum atomic E-state index is 14.1. The minimum Gasteiger partial charge on any atom is -0.391 e. The number of carbonyl (C=O) groups is 1. The fraction of sp³-hybridized carbons (Fsp3) is 0.333. The van der Waals surface area contributed by atoms with Gasteiger partial charge in [0, 0.05) is 31.1 Å². The minimum atomic E-state index is -0.386. The van der Waals surface area contributed by atoms with Crippen molar-refractivity contribution < 1.29 is 14.3 Å². The van der Waals surface area contributed by atoms with E-state index in [1.807, 2.05) is 4.90 Å². The van der Waals surface area contributed by atoms with E-state index < -0.39 is 0 Å². The third-order valence-electron chi connectivity index (χ3n) is 3.68. The van der Waals surface area contributed by atoms with Crippen molar-refractivity contribution >= 4 is 22.9 Å². The molecule has 1 aliphatic rings. The second-order valence-corrected chi connectivity index (χ2v) is 5.02. The number of aliphatic hydroxyl groups excluding tert-OH is 1. The molecule has 5 heteroatoms. The van der Waals surface area contributed by atoms with Crippen LogP contribution < -0.4 is 4.90 Å². The summed E-state index contributed by atoms with van der Waals surface area (Å²) in [7, 11) is 0. The van der Waals surface area contributed by atoms with Crippen molar-refractivity contribution in [1.29, 1.82) is 0 Å². The summed E-state index contributed by atoms with van der Waals surface area (Å²) in [5, 5.41) is 10.1. The van der Waals surface area contributed by atoms with E-state index in [1.54, 1.807) is 18.3 Å². The highest BCUT2D eigenvalue weighted by molar-refractivity contribution is 5.94. The number of β-amino-alcohol motifs (C(OH)–C–C–N with tert-alkyl or cyclic N) is 1. The molecule has 1 aromatic carbocycles. The molecule has 0 unspecified atom stereocenters. The number of aliphatic hydroxyl groups is 1. The topological polar surface area (TPSA) is 53.4 Å². The summed E-state index contributed by atoms with van der Waals surface area (Å²) in [6.07, 6.45) is 2.81. The lowest BCUT2D eigenvalue weighted by atomic mass is 10.0. The number of rotatable bonds is 3. The third-order valence-corrected chi connectivity index (χ3v) is 3.68. The molecule has 0 aliphatic carbocycles. The zero-order valence-corrected chi connectivity index (χ0v) is 10.9. The lowest BCUT2D eigenvalue weighted by Crippen LogP contribution is -2.23. The Kier molecular flexibility index (Phi) is 3.36. The Balaban J connectivity index is 2.22. The summed E-state index contributed by atoms with van der Waals surface area (Å²) < 4.78 is 14.1. The normalized spacial score (nSPS) is 18.7. The number of carbonyl (C=O) groups excluding carboxylic acids is 1. The predicted molar refractivity (Wildman–Crippen MR) is 74.3 cm³/mol. The van der Waals surface area contributed by atoms with Gasteiger partial charge in [-0.05, 0) is 30.2 Å². The molecule has 1 atom stereocenters. The largest absolute Gasteiger partial charge is 0.391 e. The van der Waals surface area contributed by atoms with Gasteiger partial charge in [-0.1, -0.05) is 0 Å². The summed E-state index contributed by atoms with van der Waals surface area (Å²) in [4.78, 5) is 17.1. The maximum Gasteiger partial charge on any atom is 0.133 e. The van der Waals surface area contributed by atoms with Crippen LogP contribution in [0.5, 0.6) is 0 Å². The highest BCUT2D eigenvalue weighted by Crippen LogP contribution is 2.33. The van der Waals surface area contributed by atoms with Crippen molar-refractivity contribution in [3.63, 3.8) is 0 Å². The number of pyridine rings is 1. The van der Waals surface area contributed by atoms with Crippen LogP contribution in [0.4, 0.5) is 10.1 Å². The average Bonchev–Trinajstić information content (AvgIpc) is 2.86. The Labute approximate surface area is 115 Å². The van der Waals surface area contributed by atoms with E-state index in [0.29, 0.717) is 36.0 Å². The Morgan fingerprint density at radius 3 is 3.10 bits per heavy atom. The van der Waals surface area contributed by atoms with Gasteiger partial charge in [0.1, 0.15) is 12.1 Å². The molecule has 1 fully saturated rings. The number of hydrogen-bond donors (Lipinski definition) is 1. The van der Waals surface area contributed by atoms with Gasteiger partial charge in [-0.25, -0.2) is 4.39 Å². The molecule has 3 rings (SSSR count). The van der Waals surface area contributed by atoms with Gasteiger partial charge in [-0.2, -0.15) is 0 Å². The lowest BCUT2D eigenvalue weighted by Gasteiger charge is -2.22. The van der Waals surface area contributed by atoms with Crippen LogP contribution in [0.25, 0.3) is 10.9 Å². The molecule has 1 aromatic heterocycles. The van der Waals surface area contributed by atoms with E-state index in [9.17, 15) is 14.3 Å². The molecule has 1 aliphatic heterocycles. The van der Waals surface area contributed by atoms with Crippen molar-refractivity contribution in [2.75, 3.05) is 18.0 Å². The summed E-state index contributed by atoms with van der Waals surface area (Å²) in [6.45, 7) is 1.17. The molecule has 0 amide bonds. The van der Waals surface area contributed by atoms with Crippen molar-refractivity contribution in [1.82, 2.24) is 4.98 Å². The first-order valence-electron chi connectivity index (χ1n) is 6.63. The van der Waals surface area contributed by atoms with Gasteiger partial charge < -0.3 is 14.8 Å². The number of hydrogen-bond acceptors (Lipinski definition) is 4. The molecule has 0 bridgehead atoms. The Bertz CT molecular complexity index is 660. The molecule has 2 aromatic rings. The summed E-state index contributed by atoms with van der Waals surface area (Å²) >= 11 is 0. The zero-order chi connectivity index (χ0) is 14.1. The number of aldehydes is 1. The van der Waals surface area contributed by atoms with Gasteiger partial charge in [0.25, 0.3) is 0 Å². The molecule has 104 valence electrons. The van der Waals surface area contributed by atoms with Crippen LogP contribution in [0, 0.1) is 5.82 Å². The molecule has 4 nitrogen and oxygen atoms in total. The molecule has 1 saturated heterocycles. The van der Waals surface area contributed by atoms with Crippen LogP contribution in [0.2, 0.25) is 0 Å². The van der Waals surface area contributed by atoms with Crippen molar-refractivity contribution in [2.45, 2.75) is 18.9 Å². The van der Waals surface area contributed by atoms with Crippen LogP contribution in [0.3, 0.4) is 0 Å². The van der Waals surface area contributed by atoms with Gasteiger partial charge in [-0.3, -0.25) is 4.98 Å². The van der Waals surface area contributed by atoms with Gasteiger partial charge in [0.2, 0.25) is 0 Å². The predicted octanol–water partition coefficient (Wildman–Crippen LogP) is 1.69. The molecule has 0 spiro atoms. The summed E-state index contributed by atoms with van der Waals surface area (Å²) in [5.41, 5.74) is 1.95. The third kappa shape index (κ3) is 2.14. The van der Waals surface area contributed by atoms with E-state index in [-0.39, 0.29) is 18.3 Å². The second-order valence-electron chi connectivity index (χ2n) is 5.02. The van der Waals surface area contributed by atoms with E-state index in [4.69, 9.17) is 0 Å². The second kappa shape index (κ2) is 5.17. The standard InChI is InChI=1S/C15H15FN2O2/c16-13-8-10(4-7-19)15(18-6-3-11(20)9-18)14-12(13)2-1-5-17-14/h1-2,5,7-8,11,20H,3-4,6,9H2/t11-/m1/s1. The minimum absolute atomic E-state index is 0.144. The molecule has 1 N–H and O–H groups in total. The van der Waals surface area contributed by atoms with Crippen LogP contribution in [-0.2, 0) is 11.2 Å². The Hall–Kier alpha value is -2.01. The molecule has 0 saturated carbocycles. The zero-order valence-electron chi connectivity index (χ0n) is 10.9. The van der Waals surface area contributed by atoms with Crippen LogP contribution in [0.1, 0.15) is 12.0 Å². The highest BCUT2D eigenvalue weighted by atomic mass is 19.1. The fourth-order valence-corrected chi connectivity index (χ4v) is 2.78. The number of aromatic nitrogens is 1. The average molecular weight is 274 g/mol. The first-order valence-corrected chi connectivity index (χ1v) is 6.63. The summed E-state index contributed by atoms with van der Waals surface area (Å²) in [6, 6.07) is 4.77. The first kappa shape index (κ1) is 13.0. The molecular weight excluding hydrogens is 259 g/mol. The SMILES string of the molecule is O=CCc1cc(F)c2cccnc2c1N1CC[C@@H](O)C1. The maximum absolute atomic E-state index is 14.1. The molecule has 0 radical (unpaired) electrons. The fourth-order valence-electron chi connectivity index (χ4n) is 2.78. The van der Waals surface area contributed by atoms with Gasteiger partial charge >= 0.3 is 0 Å². The molecule has 20 heavy (non-hydrogen) atoms. The van der Waals surface area contributed by atoms with Crippen molar-refractivity contribution in [2.24, 2.45) is 0 Å². The number of nitrogens with zero attached hydrogens (tertiary/aromatic N) is 2. The lowest BCUT2D eigenvalue weighted by molar-refractivity contribution is -0.107. The summed E-state index contributed by atoms with van der Waals surface area (Å²) in [5.74, 6) is -0.367. The van der Waals surface area contributed by atoms with Crippen molar-refractivity contribution in [3.05, 3.63) is 35.8 Å². The van der Waals surface area contributed by atoms with Gasteiger partial charge in [-0.15, -0.1) is 0 Å². The number of benzene rings is 1. The Morgan fingerprint density at radius 2 is 2.40 bits per heavy atom. The van der Waals surface area contributed by atoms with E-state index >= 15 is 0 Å². The van der Waals surface area contributed by atoms with E-state index in [1.165, 1.54) is 6.07 Å². The smallest absolute Gasteiger partial charge is 0.133 e.